The SMILES string of the molecule is CNC(=O)C(C#N)C(=O)C(C)Oc1cccc(Br)c1. The Bertz CT molecular complexity index is 525. The van der Waals surface area contributed by atoms with Crippen LogP contribution >= 0.6 is 15.9 Å². The van der Waals surface area contributed by atoms with Crippen molar-refractivity contribution in [3.05, 3.63) is 28.7 Å². The summed E-state index contributed by atoms with van der Waals surface area (Å²) in [5.41, 5.74) is 0. The molecule has 0 saturated heterocycles. The summed E-state index contributed by atoms with van der Waals surface area (Å²) < 4.78 is 6.24. The highest BCUT2D eigenvalue weighted by atomic mass is 79.9. The van der Waals surface area contributed by atoms with Crippen LogP contribution < -0.4 is 10.1 Å². The topological polar surface area (TPSA) is 79.2 Å². The van der Waals surface area contributed by atoms with E-state index in [0.717, 1.165) is 4.47 Å². The summed E-state index contributed by atoms with van der Waals surface area (Å²) in [5, 5.41) is 11.1. The van der Waals surface area contributed by atoms with Gasteiger partial charge in [0.1, 0.15) is 5.75 Å². The van der Waals surface area contributed by atoms with Crippen molar-refractivity contribution in [2.75, 3.05) is 7.05 Å². The van der Waals surface area contributed by atoms with Gasteiger partial charge in [-0.2, -0.15) is 5.26 Å². The zero-order chi connectivity index (χ0) is 14.4. The fourth-order valence-electron chi connectivity index (χ4n) is 1.43. The highest BCUT2D eigenvalue weighted by Crippen LogP contribution is 2.19. The van der Waals surface area contributed by atoms with E-state index in [1.165, 1.54) is 14.0 Å². The van der Waals surface area contributed by atoms with E-state index in [9.17, 15) is 9.59 Å². The Morgan fingerprint density at radius 2 is 2.16 bits per heavy atom. The number of benzene rings is 1. The summed E-state index contributed by atoms with van der Waals surface area (Å²) in [5.74, 6) is -2.06. The first-order valence-electron chi connectivity index (χ1n) is 5.56. The van der Waals surface area contributed by atoms with Gasteiger partial charge in [0, 0.05) is 11.5 Å². The van der Waals surface area contributed by atoms with Crippen molar-refractivity contribution >= 4 is 27.6 Å². The predicted octanol–water partition coefficient (Wildman–Crippen LogP) is 1.67. The highest BCUT2D eigenvalue weighted by Gasteiger charge is 2.30. The molecule has 0 spiro atoms. The number of hydrogen-bond acceptors (Lipinski definition) is 4. The summed E-state index contributed by atoms with van der Waals surface area (Å²) in [7, 11) is 1.37. The van der Waals surface area contributed by atoms with Gasteiger partial charge in [-0.3, -0.25) is 9.59 Å². The lowest BCUT2D eigenvalue weighted by Crippen LogP contribution is -2.38. The van der Waals surface area contributed by atoms with Crippen molar-refractivity contribution in [1.82, 2.24) is 5.32 Å². The maximum Gasteiger partial charge on any atom is 0.244 e. The molecular formula is C13H13BrN2O3. The number of rotatable bonds is 5. The van der Waals surface area contributed by atoms with Crippen molar-refractivity contribution in [2.24, 2.45) is 5.92 Å². The Hall–Kier alpha value is -1.87. The number of nitrogens with one attached hydrogen (secondary N) is 1. The van der Waals surface area contributed by atoms with E-state index in [1.807, 2.05) is 6.07 Å². The minimum Gasteiger partial charge on any atom is -0.483 e. The van der Waals surface area contributed by atoms with Crippen LogP contribution in [0, 0.1) is 17.2 Å². The first-order valence-corrected chi connectivity index (χ1v) is 6.36. The number of ether oxygens (including phenoxy) is 1. The largest absolute Gasteiger partial charge is 0.483 e. The molecule has 0 aliphatic heterocycles. The summed E-state index contributed by atoms with van der Waals surface area (Å²) >= 11 is 3.28. The number of nitrogens with zero attached hydrogens (tertiary/aromatic N) is 1. The first kappa shape index (κ1) is 15.2. The van der Waals surface area contributed by atoms with Gasteiger partial charge < -0.3 is 10.1 Å². The summed E-state index contributed by atoms with van der Waals surface area (Å²) in [6, 6.07) is 8.65. The van der Waals surface area contributed by atoms with Gasteiger partial charge in [-0.1, -0.05) is 22.0 Å². The van der Waals surface area contributed by atoms with Gasteiger partial charge in [0.15, 0.2) is 17.8 Å². The lowest BCUT2D eigenvalue weighted by atomic mass is 10.0. The maximum absolute atomic E-state index is 11.9. The summed E-state index contributed by atoms with van der Waals surface area (Å²) in [6.07, 6.45) is -0.878. The van der Waals surface area contributed by atoms with Gasteiger partial charge in [0.05, 0.1) is 6.07 Å². The van der Waals surface area contributed by atoms with Gasteiger partial charge >= 0.3 is 0 Å². The van der Waals surface area contributed by atoms with Gasteiger partial charge in [-0.25, -0.2) is 0 Å². The van der Waals surface area contributed by atoms with Crippen LogP contribution in [0.1, 0.15) is 6.92 Å². The molecule has 0 heterocycles. The van der Waals surface area contributed by atoms with E-state index in [-0.39, 0.29) is 0 Å². The molecule has 0 aliphatic rings. The Kier molecular flexibility index (Phi) is 5.52. The molecule has 1 N–H and O–H groups in total. The lowest BCUT2D eigenvalue weighted by molar-refractivity contribution is -0.135. The van der Waals surface area contributed by atoms with Crippen molar-refractivity contribution < 1.29 is 14.3 Å². The van der Waals surface area contributed by atoms with Crippen LogP contribution in [0.3, 0.4) is 0 Å². The number of carbonyl (C=O) groups excluding carboxylic acids is 2. The van der Waals surface area contributed by atoms with E-state index >= 15 is 0 Å². The minimum absolute atomic E-state index is 0.490. The number of ketones is 1. The molecule has 0 aromatic heterocycles. The number of Topliss-reactive ketones (excluding diaryl/α,β-unsaturated/α-hetero) is 1. The summed E-state index contributed by atoms with van der Waals surface area (Å²) in [4.78, 5) is 23.3. The van der Waals surface area contributed by atoms with E-state index in [4.69, 9.17) is 10.00 Å². The molecule has 2 unspecified atom stereocenters. The van der Waals surface area contributed by atoms with Gasteiger partial charge in [-0.05, 0) is 25.1 Å². The lowest BCUT2D eigenvalue weighted by Gasteiger charge is -2.16. The quantitative estimate of drug-likeness (QED) is 0.835. The third kappa shape index (κ3) is 4.07. The number of halogens is 1. The van der Waals surface area contributed by atoms with Gasteiger partial charge in [0.25, 0.3) is 0 Å². The third-order valence-electron chi connectivity index (χ3n) is 2.43. The smallest absolute Gasteiger partial charge is 0.244 e. The second-order valence-corrected chi connectivity index (χ2v) is 4.71. The monoisotopic (exact) mass is 324 g/mol. The zero-order valence-corrected chi connectivity index (χ0v) is 12.1. The molecule has 2 atom stereocenters. The third-order valence-corrected chi connectivity index (χ3v) is 2.93. The van der Waals surface area contributed by atoms with Crippen LogP contribution in [0.4, 0.5) is 0 Å². The van der Waals surface area contributed by atoms with Crippen LogP contribution in [0.5, 0.6) is 5.75 Å². The molecule has 1 aromatic carbocycles. The molecule has 6 heteroatoms. The van der Waals surface area contributed by atoms with Crippen LogP contribution in [0.15, 0.2) is 28.7 Å². The van der Waals surface area contributed by atoms with Crippen LogP contribution in [0.2, 0.25) is 0 Å². The Morgan fingerprint density at radius 3 is 2.68 bits per heavy atom. The van der Waals surface area contributed by atoms with Crippen LogP contribution in [0.25, 0.3) is 0 Å². The Balaban J connectivity index is 2.77. The Labute approximate surface area is 119 Å². The van der Waals surface area contributed by atoms with Crippen LogP contribution in [-0.2, 0) is 9.59 Å². The predicted molar refractivity (Wildman–Crippen MR) is 72.4 cm³/mol. The summed E-state index contributed by atoms with van der Waals surface area (Å²) in [6.45, 7) is 1.51. The van der Waals surface area contributed by atoms with Crippen molar-refractivity contribution in [1.29, 1.82) is 5.26 Å². The number of amides is 1. The molecular weight excluding hydrogens is 312 g/mol. The number of nitriles is 1. The molecule has 1 aromatic rings. The molecule has 19 heavy (non-hydrogen) atoms. The molecule has 1 amide bonds. The van der Waals surface area contributed by atoms with E-state index in [2.05, 4.69) is 21.2 Å². The first-order chi connectivity index (χ1) is 8.99. The molecule has 0 bridgehead atoms. The second-order valence-electron chi connectivity index (χ2n) is 3.80. The molecule has 5 nitrogen and oxygen atoms in total. The second kappa shape index (κ2) is 6.90. The van der Waals surface area contributed by atoms with Crippen molar-refractivity contribution in [2.45, 2.75) is 13.0 Å². The fraction of sp³-hybridized carbons (Fsp3) is 0.308. The maximum atomic E-state index is 11.9. The zero-order valence-electron chi connectivity index (χ0n) is 10.5. The molecule has 0 fully saturated rings. The standard InChI is InChI=1S/C13H13BrN2O3/c1-8(12(17)11(7-15)13(18)16-2)19-10-5-3-4-9(14)6-10/h3-6,8,11H,1-2H3,(H,16,18). The van der Waals surface area contributed by atoms with Crippen molar-refractivity contribution in [3.8, 4) is 11.8 Å². The normalized spacial score (nSPS) is 12.9. The molecule has 0 saturated carbocycles. The van der Waals surface area contributed by atoms with Gasteiger partial charge in [-0.15, -0.1) is 0 Å². The Morgan fingerprint density at radius 1 is 1.47 bits per heavy atom. The molecule has 0 aliphatic carbocycles. The fourth-order valence-corrected chi connectivity index (χ4v) is 1.81. The van der Waals surface area contributed by atoms with E-state index in [0.29, 0.717) is 5.75 Å². The average Bonchev–Trinajstić information content (AvgIpc) is 2.39. The van der Waals surface area contributed by atoms with Crippen LogP contribution in [-0.4, -0.2) is 24.8 Å². The minimum atomic E-state index is -1.35. The molecule has 100 valence electrons. The molecule has 1 rings (SSSR count). The number of carbonyl (C=O) groups is 2. The van der Waals surface area contributed by atoms with Gasteiger partial charge in [0.2, 0.25) is 5.91 Å². The molecule has 0 radical (unpaired) electrons. The highest BCUT2D eigenvalue weighted by molar-refractivity contribution is 9.10. The van der Waals surface area contributed by atoms with Crippen molar-refractivity contribution in [3.63, 3.8) is 0 Å². The van der Waals surface area contributed by atoms with E-state index in [1.54, 1.807) is 24.3 Å². The van der Waals surface area contributed by atoms with E-state index < -0.39 is 23.7 Å². The average molecular weight is 325 g/mol. The number of hydrogen-bond donors (Lipinski definition) is 1.